The third-order valence-electron chi connectivity index (χ3n) is 4.02. The first-order chi connectivity index (χ1) is 9.33. The fourth-order valence-corrected chi connectivity index (χ4v) is 2.88. The number of carbonyl (C=O) groups excluding carboxylic acids is 1. The Bertz CT molecular complexity index is 454. The Kier molecular flexibility index (Phi) is 3.80. The van der Waals surface area contributed by atoms with Crippen LogP contribution in [0.15, 0.2) is 24.3 Å². The molecule has 3 rings (SSSR count). The number of hydrogen-bond donors (Lipinski definition) is 2. The van der Waals surface area contributed by atoms with Crippen molar-refractivity contribution in [1.82, 2.24) is 15.8 Å². The quantitative estimate of drug-likeness (QED) is 0.839. The van der Waals surface area contributed by atoms with Crippen LogP contribution in [0.1, 0.15) is 30.4 Å². The van der Waals surface area contributed by atoms with Crippen molar-refractivity contribution in [2.45, 2.75) is 38.3 Å². The van der Waals surface area contributed by atoms with Crippen molar-refractivity contribution < 1.29 is 4.79 Å². The summed E-state index contributed by atoms with van der Waals surface area (Å²) < 4.78 is 0. The average Bonchev–Trinajstić information content (AvgIpc) is 2.48. The lowest BCUT2D eigenvalue weighted by molar-refractivity contribution is -0.128. The largest absolute Gasteiger partial charge is 0.301 e. The third-order valence-corrected chi connectivity index (χ3v) is 4.02. The van der Waals surface area contributed by atoms with E-state index in [0.29, 0.717) is 0 Å². The zero-order chi connectivity index (χ0) is 13.1. The van der Waals surface area contributed by atoms with Crippen LogP contribution < -0.4 is 10.7 Å². The van der Waals surface area contributed by atoms with E-state index in [4.69, 9.17) is 0 Å². The van der Waals surface area contributed by atoms with Gasteiger partial charge in [-0.3, -0.25) is 10.2 Å². The molecule has 0 bridgehead atoms. The first-order valence-corrected chi connectivity index (χ1v) is 7.18. The lowest BCUT2D eigenvalue weighted by Gasteiger charge is -2.31. The van der Waals surface area contributed by atoms with Gasteiger partial charge in [0.25, 0.3) is 5.91 Å². The van der Waals surface area contributed by atoms with Gasteiger partial charge in [0.05, 0.1) is 6.04 Å². The molecule has 2 aliphatic heterocycles. The lowest BCUT2D eigenvalue weighted by Crippen LogP contribution is -2.54. The minimum atomic E-state index is -0.100. The van der Waals surface area contributed by atoms with E-state index in [9.17, 15) is 4.79 Å². The van der Waals surface area contributed by atoms with Crippen molar-refractivity contribution in [3.8, 4) is 0 Å². The zero-order valence-electron chi connectivity index (χ0n) is 11.2. The molecule has 1 aromatic rings. The molecule has 0 aromatic heterocycles. The molecule has 102 valence electrons. The topological polar surface area (TPSA) is 44.4 Å². The highest BCUT2D eigenvalue weighted by Gasteiger charge is 2.25. The number of hydrogen-bond acceptors (Lipinski definition) is 3. The van der Waals surface area contributed by atoms with Crippen LogP contribution in [-0.2, 0) is 17.8 Å². The summed E-state index contributed by atoms with van der Waals surface area (Å²) in [6.45, 7) is 2.75. The van der Waals surface area contributed by atoms with Crippen LogP contribution in [0.5, 0.6) is 0 Å². The number of piperidine rings is 1. The number of nitrogens with one attached hydrogen (secondary N) is 2. The molecule has 2 heterocycles. The molecule has 1 amide bonds. The van der Waals surface area contributed by atoms with Crippen LogP contribution in [0.25, 0.3) is 0 Å². The van der Waals surface area contributed by atoms with Crippen molar-refractivity contribution in [2.24, 2.45) is 0 Å². The summed E-state index contributed by atoms with van der Waals surface area (Å²) in [5.41, 5.74) is 5.65. The lowest BCUT2D eigenvalue weighted by atomic mass is 9.95. The molecule has 2 aliphatic rings. The maximum Gasteiger partial charge on any atom is 0.251 e. The van der Waals surface area contributed by atoms with Crippen LogP contribution in [-0.4, -0.2) is 30.0 Å². The summed E-state index contributed by atoms with van der Waals surface area (Å²) in [6, 6.07) is 8.24. The van der Waals surface area contributed by atoms with Gasteiger partial charge in [-0.05, 0) is 30.4 Å². The molecule has 4 heteroatoms. The molecule has 0 saturated carbocycles. The molecular formula is C15H21N3O. The highest BCUT2D eigenvalue weighted by Crippen LogP contribution is 2.16. The highest BCUT2D eigenvalue weighted by atomic mass is 16.2. The fraction of sp³-hybridized carbons (Fsp3) is 0.533. The minimum absolute atomic E-state index is 0.100. The SMILES string of the molecule is O=C(NN1CCCCC1)C1Cc2ccccc2CN1. The number of nitrogens with zero attached hydrogens (tertiary/aromatic N) is 1. The van der Waals surface area contributed by atoms with E-state index in [1.807, 2.05) is 6.07 Å². The van der Waals surface area contributed by atoms with Crippen molar-refractivity contribution in [3.05, 3.63) is 35.4 Å². The average molecular weight is 259 g/mol. The van der Waals surface area contributed by atoms with E-state index in [1.165, 1.54) is 30.4 Å². The maximum atomic E-state index is 12.3. The van der Waals surface area contributed by atoms with Crippen molar-refractivity contribution in [2.75, 3.05) is 13.1 Å². The molecule has 4 nitrogen and oxygen atoms in total. The summed E-state index contributed by atoms with van der Waals surface area (Å²) in [4.78, 5) is 12.3. The molecule has 0 spiro atoms. The summed E-state index contributed by atoms with van der Waals surface area (Å²) >= 11 is 0. The smallest absolute Gasteiger partial charge is 0.251 e. The summed E-state index contributed by atoms with van der Waals surface area (Å²) in [5, 5.41) is 5.39. The number of amides is 1. The molecule has 19 heavy (non-hydrogen) atoms. The number of hydrazine groups is 1. The van der Waals surface area contributed by atoms with Gasteiger partial charge in [-0.25, -0.2) is 5.01 Å². The van der Waals surface area contributed by atoms with Gasteiger partial charge in [-0.15, -0.1) is 0 Å². The van der Waals surface area contributed by atoms with Gasteiger partial charge in [-0.2, -0.15) is 0 Å². The maximum absolute atomic E-state index is 12.3. The second-order valence-corrected chi connectivity index (χ2v) is 5.43. The first kappa shape index (κ1) is 12.6. The van der Waals surface area contributed by atoms with E-state index in [1.54, 1.807) is 0 Å². The second-order valence-electron chi connectivity index (χ2n) is 5.43. The van der Waals surface area contributed by atoms with Gasteiger partial charge < -0.3 is 5.32 Å². The molecule has 2 N–H and O–H groups in total. The summed E-state index contributed by atoms with van der Waals surface area (Å²) in [6.07, 6.45) is 4.43. The standard InChI is InChI=1S/C15H21N3O/c19-15(17-18-8-4-1-5-9-18)14-10-12-6-2-3-7-13(12)11-16-14/h2-3,6-7,14,16H,1,4-5,8-11H2,(H,17,19). The number of carbonyl (C=O) groups is 1. The highest BCUT2D eigenvalue weighted by molar-refractivity contribution is 5.82. The van der Waals surface area contributed by atoms with E-state index in [2.05, 4.69) is 34.0 Å². The van der Waals surface area contributed by atoms with Gasteiger partial charge in [-0.1, -0.05) is 30.7 Å². The molecule has 0 radical (unpaired) electrons. The molecule has 1 aromatic carbocycles. The number of benzene rings is 1. The molecular weight excluding hydrogens is 238 g/mol. The molecule has 1 saturated heterocycles. The Morgan fingerprint density at radius 2 is 1.89 bits per heavy atom. The Labute approximate surface area is 114 Å². The second kappa shape index (κ2) is 5.72. The van der Waals surface area contributed by atoms with E-state index < -0.39 is 0 Å². The Balaban J connectivity index is 1.59. The predicted octanol–water partition coefficient (Wildman–Crippen LogP) is 1.22. The Hall–Kier alpha value is -1.39. The van der Waals surface area contributed by atoms with E-state index in [-0.39, 0.29) is 11.9 Å². The summed E-state index contributed by atoms with van der Waals surface area (Å²) in [7, 11) is 0. The third kappa shape index (κ3) is 2.96. The van der Waals surface area contributed by atoms with Crippen molar-refractivity contribution in [3.63, 3.8) is 0 Å². The van der Waals surface area contributed by atoms with E-state index >= 15 is 0 Å². The van der Waals surface area contributed by atoms with Gasteiger partial charge >= 0.3 is 0 Å². The van der Waals surface area contributed by atoms with Gasteiger partial charge in [0.15, 0.2) is 0 Å². The monoisotopic (exact) mass is 259 g/mol. The van der Waals surface area contributed by atoms with Crippen LogP contribution in [0.2, 0.25) is 0 Å². The Morgan fingerprint density at radius 1 is 1.16 bits per heavy atom. The van der Waals surface area contributed by atoms with Gasteiger partial charge in [0, 0.05) is 19.6 Å². The minimum Gasteiger partial charge on any atom is -0.301 e. The normalized spacial score (nSPS) is 23.7. The molecule has 1 atom stereocenters. The molecule has 1 fully saturated rings. The van der Waals surface area contributed by atoms with Gasteiger partial charge in [0.1, 0.15) is 0 Å². The first-order valence-electron chi connectivity index (χ1n) is 7.18. The number of rotatable bonds is 2. The van der Waals surface area contributed by atoms with Crippen molar-refractivity contribution in [1.29, 1.82) is 0 Å². The molecule has 0 aliphatic carbocycles. The van der Waals surface area contributed by atoms with Crippen LogP contribution in [0.4, 0.5) is 0 Å². The van der Waals surface area contributed by atoms with Crippen LogP contribution >= 0.6 is 0 Å². The van der Waals surface area contributed by atoms with Crippen LogP contribution in [0, 0.1) is 0 Å². The predicted molar refractivity (Wildman–Crippen MR) is 74.3 cm³/mol. The van der Waals surface area contributed by atoms with Crippen LogP contribution in [0.3, 0.4) is 0 Å². The molecule has 1 unspecified atom stereocenters. The van der Waals surface area contributed by atoms with E-state index in [0.717, 1.165) is 26.1 Å². The fourth-order valence-electron chi connectivity index (χ4n) is 2.88. The summed E-state index contributed by atoms with van der Waals surface area (Å²) in [5.74, 6) is 0.108. The number of fused-ring (bicyclic) bond motifs is 1. The van der Waals surface area contributed by atoms with Gasteiger partial charge in [0.2, 0.25) is 0 Å². The van der Waals surface area contributed by atoms with Crippen molar-refractivity contribution >= 4 is 5.91 Å². The zero-order valence-corrected chi connectivity index (χ0v) is 11.2. The Morgan fingerprint density at radius 3 is 2.68 bits per heavy atom.